The molecule has 0 saturated heterocycles. The molecule has 6 nitrogen and oxygen atoms in total. The lowest BCUT2D eigenvalue weighted by molar-refractivity contribution is -0.118. The smallest absolute Gasteiger partial charge is 0.276 e. The van der Waals surface area contributed by atoms with Crippen LogP contribution < -0.4 is 5.73 Å². The van der Waals surface area contributed by atoms with Crippen molar-refractivity contribution in [3.05, 3.63) is 41.0 Å². The van der Waals surface area contributed by atoms with Crippen LogP contribution in [0.3, 0.4) is 0 Å². The molecule has 23 heavy (non-hydrogen) atoms. The Kier molecular flexibility index (Phi) is 5.76. The van der Waals surface area contributed by atoms with E-state index < -0.39 is 5.91 Å². The number of amides is 2. The highest BCUT2D eigenvalue weighted by Gasteiger charge is 2.21. The van der Waals surface area contributed by atoms with Crippen molar-refractivity contribution in [2.45, 2.75) is 19.8 Å². The Labute approximate surface area is 139 Å². The van der Waals surface area contributed by atoms with Gasteiger partial charge in [-0.3, -0.25) is 9.59 Å². The molecule has 1 heterocycles. The first-order valence-electron chi connectivity index (χ1n) is 7.31. The minimum atomic E-state index is -0.559. The van der Waals surface area contributed by atoms with Crippen molar-refractivity contribution >= 4 is 23.4 Å². The van der Waals surface area contributed by atoms with Crippen LogP contribution in [0.25, 0.3) is 11.3 Å². The Balaban J connectivity index is 2.17. The number of rotatable bonds is 7. The lowest BCUT2D eigenvalue weighted by Crippen LogP contribution is -2.39. The summed E-state index contributed by atoms with van der Waals surface area (Å²) in [6.07, 6.45) is 1.68. The number of primary amides is 1. The largest absolute Gasteiger partial charge is 0.368 e. The number of halogens is 1. The molecule has 2 amide bonds. The second kappa shape index (κ2) is 7.78. The number of nitrogens with two attached hydrogens (primary N) is 1. The van der Waals surface area contributed by atoms with Gasteiger partial charge in [-0.05, 0) is 30.7 Å². The predicted molar refractivity (Wildman–Crippen MR) is 87.0 cm³/mol. The van der Waals surface area contributed by atoms with Gasteiger partial charge in [0.25, 0.3) is 5.91 Å². The molecule has 2 rings (SSSR count). The summed E-state index contributed by atoms with van der Waals surface area (Å²) in [5.41, 5.74) is 6.11. The monoisotopic (exact) mass is 335 g/mol. The number of benzene rings is 1. The van der Waals surface area contributed by atoms with Gasteiger partial charge in [0.05, 0.1) is 6.54 Å². The Morgan fingerprint density at radius 1 is 1.30 bits per heavy atom. The quantitative estimate of drug-likeness (QED) is 0.842. The van der Waals surface area contributed by atoms with Crippen LogP contribution in [-0.4, -0.2) is 35.0 Å². The minimum absolute atomic E-state index is 0.137. The van der Waals surface area contributed by atoms with Crippen LogP contribution in [-0.2, 0) is 4.79 Å². The molecule has 1 aromatic heterocycles. The molecule has 0 spiro atoms. The minimum Gasteiger partial charge on any atom is -0.368 e. The number of aromatic nitrogens is 1. The molecule has 0 saturated carbocycles. The maximum absolute atomic E-state index is 12.5. The lowest BCUT2D eigenvalue weighted by atomic mass is 10.1. The van der Waals surface area contributed by atoms with E-state index >= 15 is 0 Å². The van der Waals surface area contributed by atoms with Gasteiger partial charge in [-0.2, -0.15) is 0 Å². The zero-order valence-corrected chi connectivity index (χ0v) is 13.5. The van der Waals surface area contributed by atoms with Gasteiger partial charge >= 0.3 is 0 Å². The Bertz CT molecular complexity index is 682. The van der Waals surface area contributed by atoms with Crippen molar-refractivity contribution in [1.82, 2.24) is 10.1 Å². The highest BCUT2D eigenvalue weighted by atomic mass is 35.5. The molecule has 2 N–H and O–H groups in total. The number of carbonyl (C=O) groups excluding carboxylic acids is 2. The van der Waals surface area contributed by atoms with Gasteiger partial charge in [0.2, 0.25) is 5.91 Å². The molecule has 1 aromatic carbocycles. The molecule has 0 aliphatic carbocycles. The van der Waals surface area contributed by atoms with E-state index in [1.165, 1.54) is 4.90 Å². The molecule has 0 atom stereocenters. The van der Waals surface area contributed by atoms with Gasteiger partial charge in [-0.15, -0.1) is 0 Å². The summed E-state index contributed by atoms with van der Waals surface area (Å²) in [6, 6.07) is 8.54. The first kappa shape index (κ1) is 17.0. The van der Waals surface area contributed by atoms with Crippen molar-refractivity contribution in [3.63, 3.8) is 0 Å². The van der Waals surface area contributed by atoms with Crippen molar-refractivity contribution in [2.75, 3.05) is 13.1 Å². The van der Waals surface area contributed by atoms with E-state index in [0.717, 1.165) is 18.4 Å². The van der Waals surface area contributed by atoms with Crippen LogP contribution in [0.5, 0.6) is 0 Å². The van der Waals surface area contributed by atoms with Crippen molar-refractivity contribution in [3.8, 4) is 11.3 Å². The average Bonchev–Trinajstić information content (AvgIpc) is 3.01. The van der Waals surface area contributed by atoms with Crippen molar-refractivity contribution in [1.29, 1.82) is 0 Å². The van der Waals surface area contributed by atoms with Gasteiger partial charge in [-0.25, -0.2) is 0 Å². The number of hydrogen-bond donors (Lipinski definition) is 1. The second-order valence-corrected chi connectivity index (χ2v) is 5.57. The van der Waals surface area contributed by atoms with Crippen LogP contribution in [0.1, 0.15) is 30.3 Å². The number of unbranched alkanes of at least 4 members (excludes halogenated alkanes) is 1. The first-order valence-corrected chi connectivity index (χ1v) is 7.69. The lowest BCUT2D eigenvalue weighted by Gasteiger charge is -2.19. The van der Waals surface area contributed by atoms with Crippen LogP contribution in [0.15, 0.2) is 34.9 Å². The van der Waals surface area contributed by atoms with Gasteiger partial charge < -0.3 is 15.2 Å². The summed E-state index contributed by atoms with van der Waals surface area (Å²) < 4.78 is 5.21. The van der Waals surface area contributed by atoms with E-state index in [4.69, 9.17) is 21.9 Å². The van der Waals surface area contributed by atoms with E-state index in [9.17, 15) is 9.59 Å². The zero-order chi connectivity index (χ0) is 16.8. The summed E-state index contributed by atoms with van der Waals surface area (Å²) in [5.74, 6) is -0.475. The van der Waals surface area contributed by atoms with E-state index in [1.807, 2.05) is 6.92 Å². The molecule has 0 aliphatic heterocycles. The molecular weight excluding hydrogens is 318 g/mol. The van der Waals surface area contributed by atoms with Gasteiger partial charge in [0.15, 0.2) is 11.5 Å². The second-order valence-electron chi connectivity index (χ2n) is 5.13. The molecule has 0 bridgehead atoms. The molecule has 2 aromatic rings. The third kappa shape index (κ3) is 4.56. The van der Waals surface area contributed by atoms with E-state index in [2.05, 4.69) is 5.16 Å². The topological polar surface area (TPSA) is 89.4 Å². The fourth-order valence-corrected chi connectivity index (χ4v) is 2.20. The molecule has 7 heteroatoms. The summed E-state index contributed by atoms with van der Waals surface area (Å²) in [4.78, 5) is 25.0. The molecule has 0 radical (unpaired) electrons. The molecular formula is C16H18ClN3O3. The first-order chi connectivity index (χ1) is 11.0. The predicted octanol–water partition coefficient (Wildman–Crippen LogP) is 2.72. The Morgan fingerprint density at radius 3 is 2.61 bits per heavy atom. The normalized spacial score (nSPS) is 10.5. The van der Waals surface area contributed by atoms with Crippen LogP contribution in [0, 0.1) is 0 Å². The van der Waals surface area contributed by atoms with Crippen molar-refractivity contribution < 1.29 is 14.1 Å². The third-order valence-electron chi connectivity index (χ3n) is 3.27. The van der Waals surface area contributed by atoms with Crippen LogP contribution in [0.4, 0.5) is 0 Å². The molecule has 0 unspecified atom stereocenters. The van der Waals surface area contributed by atoms with Gasteiger partial charge in [0, 0.05) is 23.2 Å². The zero-order valence-electron chi connectivity index (χ0n) is 12.8. The van der Waals surface area contributed by atoms with Gasteiger partial charge in [-0.1, -0.05) is 30.1 Å². The highest BCUT2D eigenvalue weighted by molar-refractivity contribution is 6.30. The van der Waals surface area contributed by atoms with Crippen LogP contribution in [0.2, 0.25) is 5.02 Å². The van der Waals surface area contributed by atoms with E-state index in [-0.39, 0.29) is 18.1 Å². The fraction of sp³-hybridized carbons (Fsp3) is 0.312. The summed E-state index contributed by atoms with van der Waals surface area (Å²) in [7, 11) is 0. The maximum atomic E-state index is 12.5. The number of hydrogen-bond acceptors (Lipinski definition) is 4. The van der Waals surface area contributed by atoms with E-state index in [0.29, 0.717) is 17.3 Å². The number of nitrogens with zero attached hydrogens (tertiary/aromatic N) is 2. The molecule has 0 aliphatic rings. The summed E-state index contributed by atoms with van der Waals surface area (Å²) in [6.45, 7) is 2.31. The summed E-state index contributed by atoms with van der Waals surface area (Å²) in [5, 5.41) is 4.41. The average molecular weight is 336 g/mol. The summed E-state index contributed by atoms with van der Waals surface area (Å²) >= 11 is 5.84. The van der Waals surface area contributed by atoms with Crippen molar-refractivity contribution in [2.24, 2.45) is 5.73 Å². The maximum Gasteiger partial charge on any atom is 0.276 e. The number of carbonyl (C=O) groups is 2. The third-order valence-corrected chi connectivity index (χ3v) is 3.53. The molecule has 122 valence electrons. The molecule has 0 fully saturated rings. The standard InChI is InChI=1S/C16H18ClN3O3/c1-2-3-8-20(10-15(18)21)16(22)13-9-14(23-19-13)11-4-6-12(17)7-5-11/h4-7,9H,2-3,8,10H2,1H3,(H2,18,21). The Hall–Kier alpha value is -2.34. The SMILES string of the molecule is CCCCN(CC(N)=O)C(=O)c1cc(-c2ccc(Cl)cc2)on1. The highest BCUT2D eigenvalue weighted by Crippen LogP contribution is 2.22. The Morgan fingerprint density at radius 2 is 2.00 bits per heavy atom. The van der Waals surface area contributed by atoms with Crippen LogP contribution >= 0.6 is 11.6 Å². The fourth-order valence-electron chi connectivity index (χ4n) is 2.08. The van der Waals surface area contributed by atoms with E-state index in [1.54, 1.807) is 30.3 Å². The van der Waals surface area contributed by atoms with Gasteiger partial charge in [0.1, 0.15) is 0 Å².